The van der Waals surface area contributed by atoms with Gasteiger partial charge in [0.15, 0.2) is 0 Å². The molecule has 1 heterocycles. The molecule has 6 heteroatoms. The molecule has 1 aliphatic heterocycles. The number of halogens is 2. The number of hydrogen-bond acceptors (Lipinski definition) is 2. The number of amides is 3. The highest BCUT2D eigenvalue weighted by atomic mass is 19.1. The van der Waals surface area contributed by atoms with Crippen molar-refractivity contribution in [2.75, 3.05) is 0 Å². The highest BCUT2D eigenvalue weighted by Gasteiger charge is 2.50. The monoisotopic (exact) mass is 330 g/mol. The number of nitrogens with one attached hydrogen (secondary N) is 1. The Morgan fingerprint density at radius 3 is 2.58 bits per heavy atom. The van der Waals surface area contributed by atoms with Gasteiger partial charge in [-0.2, -0.15) is 0 Å². The SMILES string of the molecule is Cc1cccc(CN2C(=O)N[C@](C)(c3cc(F)ccc3F)C2=O)c1. The Bertz CT molecular complexity index is 838. The number of hydrogen-bond donors (Lipinski definition) is 1. The van der Waals surface area contributed by atoms with Gasteiger partial charge in [0.2, 0.25) is 0 Å². The molecule has 0 radical (unpaired) electrons. The van der Waals surface area contributed by atoms with E-state index in [9.17, 15) is 18.4 Å². The molecule has 0 unspecified atom stereocenters. The molecule has 0 spiro atoms. The summed E-state index contributed by atoms with van der Waals surface area (Å²) in [5.41, 5.74) is -0.0406. The van der Waals surface area contributed by atoms with E-state index in [4.69, 9.17) is 0 Å². The van der Waals surface area contributed by atoms with Crippen molar-refractivity contribution in [1.29, 1.82) is 0 Å². The third kappa shape index (κ3) is 2.64. The molecule has 1 atom stereocenters. The first-order valence-electron chi connectivity index (χ1n) is 7.46. The summed E-state index contributed by atoms with van der Waals surface area (Å²) in [6.45, 7) is 3.35. The molecule has 1 saturated heterocycles. The van der Waals surface area contributed by atoms with Gasteiger partial charge in [0.1, 0.15) is 17.2 Å². The molecule has 3 amide bonds. The first-order chi connectivity index (χ1) is 11.3. The summed E-state index contributed by atoms with van der Waals surface area (Å²) in [6.07, 6.45) is 0. The maximum absolute atomic E-state index is 14.1. The van der Waals surface area contributed by atoms with E-state index in [1.165, 1.54) is 6.92 Å². The molecule has 2 aromatic carbocycles. The van der Waals surface area contributed by atoms with E-state index < -0.39 is 29.1 Å². The van der Waals surface area contributed by atoms with Crippen LogP contribution in [0, 0.1) is 18.6 Å². The normalized spacial score (nSPS) is 20.4. The van der Waals surface area contributed by atoms with Crippen molar-refractivity contribution in [3.8, 4) is 0 Å². The van der Waals surface area contributed by atoms with Crippen molar-refractivity contribution in [3.05, 3.63) is 70.8 Å². The van der Waals surface area contributed by atoms with Crippen LogP contribution >= 0.6 is 0 Å². The van der Waals surface area contributed by atoms with Gasteiger partial charge in [-0.1, -0.05) is 29.8 Å². The van der Waals surface area contributed by atoms with E-state index in [1.807, 2.05) is 25.1 Å². The number of nitrogens with zero attached hydrogens (tertiary/aromatic N) is 1. The average Bonchev–Trinajstić information content (AvgIpc) is 2.74. The number of imide groups is 1. The van der Waals surface area contributed by atoms with Crippen molar-refractivity contribution >= 4 is 11.9 Å². The second-order valence-electron chi connectivity index (χ2n) is 6.06. The predicted octanol–water partition coefficient (Wildman–Crippen LogP) is 3.24. The van der Waals surface area contributed by atoms with Crippen LogP contribution in [0.2, 0.25) is 0 Å². The van der Waals surface area contributed by atoms with Crippen LogP contribution in [0.1, 0.15) is 23.6 Å². The van der Waals surface area contributed by atoms with E-state index in [1.54, 1.807) is 6.07 Å². The summed E-state index contributed by atoms with van der Waals surface area (Å²) in [4.78, 5) is 26.0. The second-order valence-corrected chi connectivity index (χ2v) is 6.06. The van der Waals surface area contributed by atoms with E-state index >= 15 is 0 Å². The lowest BCUT2D eigenvalue weighted by atomic mass is 9.91. The zero-order chi connectivity index (χ0) is 17.5. The summed E-state index contributed by atoms with van der Waals surface area (Å²) in [6, 6.07) is 9.60. The Balaban J connectivity index is 1.95. The number of carbonyl (C=O) groups is 2. The molecule has 2 aromatic rings. The van der Waals surface area contributed by atoms with Crippen LogP contribution in [0.3, 0.4) is 0 Å². The van der Waals surface area contributed by atoms with Crippen molar-refractivity contribution in [2.24, 2.45) is 0 Å². The molecule has 1 aliphatic rings. The lowest BCUT2D eigenvalue weighted by Gasteiger charge is -2.23. The summed E-state index contributed by atoms with van der Waals surface area (Å²) >= 11 is 0. The minimum Gasteiger partial charge on any atom is -0.319 e. The van der Waals surface area contributed by atoms with Gasteiger partial charge < -0.3 is 5.32 Å². The molecular weight excluding hydrogens is 314 g/mol. The number of aryl methyl sites for hydroxylation is 1. The zero-order valence-corrected chi connectivity index (χ0v) is 13.3. The molecule has 3 rings (SSSR count). The zero-order valence-electron chi connectivity index (χ0n) is 13.3. The number of carbonyl (C=O) groups excluding carboxylic acids is 2. The van der Waals surface area contributed by atoms with Crippen LogP contribution in [0.5, 0.6) is 0 Å². The van der Waals surface area contributed by atoms with Gasteiger partial charge in [0.25, 0.3) is 5.91 Å². The second kappa shape index (κ2) is 5.70. The van der Waals surface area contributed by atoms with Gasteiger partial charge in [-0.05, 0) is 37.6 Å². The Kier molecular flexibility index (Phi) is 3.83. The molecule has 1 fully saturated rings. The maximum Gasteiger partial charge on any atom is 0.325 e. The number of urea groups is 1. The number of rotatable bonds is 3. The van der Waals surface area contributed by atoms with Gasteiger partial charge in [-0.15, -0.1) is 0 Å². The van der Waals surface area contributed by atoms with Crippen molar-refractivity contribution in [1.82, 2.24) is 10.2 Å². The van der Waals surface area contributed by atoms with Crippen molar-refractivity contribution in [2.45, 2.75) is 25.9 Å². The fraction of sp³-hybridized carbons (Fsp3) is 0.222. The molecule has 0 saturated carbocycles. The van der Waals surface area contributed by atoms with E-state index in [-0.39, 0.29) is 12.1 Å². The van der Waals surface area contributed by atoms with Crippen molar-refractivity contribution in [3.63, 3.8) is 0 Å². The Morgan fingerprint density at radius 2 is 1.88 bits per heavy atom. The van der Waals surface area contributed by atoms with Gasteiger partial charge in [0.05, 0.1) is 6.54 Å². The summed E-state index contributed by atoms with van der Waals surface area (Å²) < 4.78 is 27.6. The van der Waals surface area contributed by atoms with Crippen LogP contribution in [0.4, 0.5) is 13.6 Å². The van der Waals surface area contributed by atoms with Crippen LogP contribution in [0.25, 0.3) is 0 Å². The quantitative estimate of drug-likeness (QED) is 0.879. The summed E-state index contributed by atoms with van der Waals surface area (Å²) in [5.74, 6) is -2.03. The van der Waals surface area contributed by atoms with Gasteiger partial charge in [-0.25, -0.2) is 13.6 Å². The Labute approximate surface area is 138 Å². The van der Waals surface area contributed by atoms with Crippen molar-refractivity contribution < 1.29 is 18.4 Å². The fourth-order valence-electron chi connectivity index (χ4n) is 2.90. The molecular formula is C18H16F2N2O2. The third-order valence-corrected chi connectivity index (χ3v) is 4.17. The molecule has 24 heavy (non-hydrogen) atoms. The highest BCUT2D eigenvalue weighted by molar-refractivity contribution is 6.07. The summed E-state index contributed by atoms with van der Waals surface area (Å²) in [5, 5.41) is 2.48. The predicted molar refractivity (Wildman–Crippen MR) is 84.0 cm³/mol. The average molecular weight is 330 g/mol. The van der Waals surface area contributed by atoms with Crippen LogP contribution in [-0.2, 0) is 16.9 Å². The van der Waals surface area contributed by atoms with E-state index in [0.29, 0.717) is 0 Å². The fourth-order valence-corrected chi connectivity index (χ4v) is 2.90. The van der Waals surface area contributed by atoms with Crippen LogP contribution in [0.15, 0.2) is 42.5 Å². The summed E-state index contributed by atoms with van der Waals surface area (Å²) in [7, 11) is 0. The van der Waals surface area contributed by atoms with Gasteiger partial charge in [0, 0.05) is 5.56 Å². The largest absolute Gasteiger partial charge is 0.325 e. The van der Waals surface area contributed by atoms with E-state index in [2.05, 4.69) is 5.32 Å². The minimum absolute atomic E-state index is 0.0683. The molecule has 4 nitrogen and oxygen atoms in total. The first kappa shape index (κ1) is 16.1. The molecule has 0 bridgehead atoms. The molecule has 0 aliphatic carbocycles. The lowest BCUT2D eigenvalue weighted by Crippen LogP contribution is -2.41. The highest BCUT2D eigenvalue weighted by Crippen LogP contribution is 2.32. The third-order valence-electron chi connectivity index (χ3n) is 4.17. The van der Waals surface area contributed by atoms with Gasteiger partial charge >= 0.3 is 6.03 Å². The standard InChI is InChI=1S/C18H16F2N2O2/c1-11-4-3-5-12(8-11)10-22-16(23)18(2,21-17(22)24)14-9-13(19)6-7-15(14)20/h3-9H,10H2,1-2H3,(H,21,24)/t18-/m1/s1. The maximum atomic E-state index is 14.1. The Morgan fingerprint density at radius 1 is 1.12 bits per heavy atom. The molecule has 124 valence electrons. The minimum atomic E-state index is -1.63. The number of benzene rings is 2. The Hall–Kier alpha value is -2.76. The molecule has 1 N–H and O–H groups in total. The van der Waals surface area contributed by atoms with E-state index in [0.717, 1.165) is 34.2 Å². The van der Waals surface area contributed by atoms with Crippen LogP contribution < -0.4 is 5.32 Å². The molecule has 0 aromatic heterocycles. The lowest BCUT2D eigenvalue weighted by molar-refractivity contribution is -0.131. The topological polar surface area (TPSA) is 49.4 Å². The van der Waals surface area contributed by atoms with Gasteiger partial charge in [-0.3, -0.25) is 9.69 Å². The smallest absolute Gasteiger partial charge is 0.319 e. The van der Waals surface area contributed by atoms with Crippen LogP contribution in [-0.4, -0.2) is 16.8 Å². The first-order valence-corrected chi connectivity index (χ1v) is 7.46.